The summed E-state index contributed by atoms with van der Waals surface area (Å²) in [6.07, 6.45) is 0. The maximum absolute atomic E-state index is 9.02. The Kier molecular flexibility index (Phi) is 9.21. The molecule has 0 rings (SSSR count). The molecule has 0 heterocycles. The first-order chi connectivity index (χ1) is 7.63. The maximum atomic E-state index is 9.02. The number of likely N-dealkylation sites (N-methyl/N-ethyl adjacent to an activating group) is 1. The summed E-state index contributed by atoms with van der Waals surface area (Å²) < 4.78 is 5.32. The highest BCUT2D eigenvalue weighted by atomic mass is 16.5. The van der Waals surface area contributed by atoms with Crippen LogP contribution in [0, 0.1) is 11.3 Å². The molecule has 0 aromatic rings. The third-order valence-electron chi connectivity index (χ3n) is 2.33. The van der Waals surface area contributed by atoms with Crippen LogP contribution in [-0.4, -0.2) is 49.8 Å². The van der Waals surface area contributed by atoms with Gasteiger partial charge in [-0.1, -0.05) is 6.92 Å². The van der Waals surface area contributed by atoms with Crippen molar-refractivity contribution < 1.29 is 4.74 Å². The SMILES string of the molecule is CCOCCN(CC)CC(C#N)NC(C)C. The molecule has 0 spiro atoms. The van der Waals surface area contributed by atoms with Gasteiger partial charge in [-0.15, -0.1) is 0 Å². The third kappa shape index (κ3) is 7.63. The van der Waals surface area contributed by atoms with Crippen LogP contribution in [-0.2, 0) is 4.74 Å². The Morgan fingerprint density at radius 3 is 2.50 bits per heavy atom. The van der Waals surface area contributed by atoms with Crippen molar-refractivity contribution in [3.05, 3.63) is 0 Å². The minimum atomic E-state index is -0.0958. The fourth-order valence-electron chi connectivity index (χ4n) is 1.51. The average Bonchev–Trinajstić information content (AvgIpc) is 2.26. The number of nitrogens with zero attached hydrogens (tertiary/aromatic N) is 2. The number of nitriles is 1. The van der Waals surface area contributed by atoms with Gasteiger partial charge in [-0.25, -0.2) is 0 Å². The van der Waals surface area contributed by atoms with E-state index >= 15 is 0 Å². The highest BCUT2D eigenvalue weighted by Crippen LogP contribution is 1.94. The lowest BCUT2D eigenvalue weighted by molar-refractivity contribution is 0.113. The van der Waals surface area contributed by atoms with Gasteiger partial charge < -0.3 is 4.74 Å². The summed E-state index contributed by atoms with van der Waals surface area (Å²) in [5.74, 6) is 0. The van der Waals surface area contributed by atoms with Crippen LogP contribution in [0.25, 0.3) is 0 Å². The Hall–Kier alpha value is -0.630. The predicted octanol–water partition coefficient (Wildman–Crippen LogP) is 1.23. The lowest BCUT2D eigenvalue weighted by Crippen LogP contribution is -2.44. The second-order valence-corrected chi connectivity index (χ2v) is 4.09. The number of rotatable bonds is 9. The molecule has 0 fully saturated rings. The van der Waals surface area contributed by atoms with Gasteiger partial charge >= 0.3 is 0 Å². The van der Waals surface area contributed by atoms with Gasteiger partial charge in [-0.2, -0.15) is 5.26 Å². The van der Waals surface area contributed by atoms with Gasteiger partial charge in [0.1, 0.15) is 6.04 Å². The van der Waals surface area contributed by atoms with E-state index in [2.05, 4.69) is 37.1 Å². The lowest BCUT2D eigenvalue weighted by atomic mass is 10.2. The monoisotopic (exact) mass is 227 g/mol. The Morgan fingerprint density at radius 1 is 1.38 bits per heavy atom. The van der Waals surface area contributed by atoms with E-state index in [9.17, 15) is 0 Å². The summed E-state index contributed by atoms with van der Waals surface area (Å²) in [6, 6.07) is 2.54. The van der Waals surface area contributed by atoms with Crippen molar-refractivity contribution >= 4 is 0 Å². The summed E-state index contributed by atoms with van der Waals surface area (Å²) >= 11 is 0. The van der Waals surface area contributed by atoms with Gasteiger partial charge in [0.05, 0.1) is 12.7 Å². The highest BCUT2D eigenvalue weighted by molar-refractivity contribution is 4.92. The van der Waals surface area contributed by atoms with Crippen molar-refractivity contribution in [2.45, 2.75) is 39.8 Å². The summed E-state index contributed by atoms with van der Waals surface area (Å²) in [7, 11) is 0. The Labute approximate surface area is 99.6 Å². The van der Waals surface area contributed by atoms with E-state index in [1.165, 1.54) is 0 Å². The van der Waals surface area contributed by atoms with Gasteiger partial charge in [0.25, 0.3) is 0 Å². The van der Waals surface area contributed by atoms with Gasteiger partial charge in [-0.3, -0.25) is 10.2 Å². The van der Waals surface area contributed by atoms with Crippen LogP contribution < -0.4 is 5.32 Å². The van der Waals surface area contributed by atoms with Crippen LogP contribution in [0.2, 0.25) is 0 Å². The van der Waals surface area contributed by atoms with Crippen molar-refractivity contribution in [3.63, 3.8) is 0 Å². The van der Waals surface area contributed by atoms with E-state index in [0.29, 0.717) is 6.04 Å². The largest absolute Gasteiger partial charge is 0.380 e. The van der Waals surface area contributed by atoms with Crippen LogP contribution in [0.15, 0.2) is 0 Å². The number of hydrogen-bond donors (Lipinski definition) is 1. The average molecular weight is 227 g/mol. The summed E-state index contributed by atoms with van der Waals surface area (Å²) in [5.41, 5.74) is 0. The second kappa shape index (κ2) is 9.59. The van der Waals surface area contributed by atoms with E-state index < -0.39 is 0 Å². The van der Waals surface area contributed by atoms with E-state index in [1.54, 1.807) is 0 Å². The zero-order valence-corrected chi connectivity index (χ0v) is 11.0. The zero-order valence-electron chi connectivity index (χ0n) is 11.0. The molecule has 4 nitrogen and oxygen atoms in total. The Bertz CT molecular complexity index is 201. The molecule has 0 saturated heterocycles. The van der Waals surface area contributed by atoms with Crippen molar-refractivity contribution in [2.75, 3.05) is 32.8 Å². The molecule has 0 bridgehead atoms. The molecule has 94 valence electrons. The summed E-state index contributed by atoms with van der Waals surface area (Å²) in [4.78, 5) is 2.24. The smallest absolute Gasteiger partial charge is 0.108 e. The molecule has 4 heteroatoms. The molecular formula is C12H25N3O. The van der Waals surface area contributed by atoms with Crippen molar-refractivity contribution in [3.8, 4) is 6.07 Å². The molecule has 1 unspecified atom stereocenters. The fraction of sp³-hybridized carbons (Fsp3) is 0.917. The van der Waals surface area contributed by atoms with Gasteiger partial charge in [-0.05, 0) is 27.3 Å². The van der Waals surface area contributed by atoms with Crippen LogP contribution >= 0.6 is 0 Å². The molecule has 0 saturated carbocycles. The molecule has 0 amide bonds. The Balaban J connectivity index is 3.93. The first-order valence-electron chi connectivity index (χ1n) is 6.09. The van der Waals surface area contributed by atoms with Crippen LogP contribution in [0.3, 0.4) is 0 Å². The fourth-order valence-corrected chi connectivity index (χ4v) is 1.51. The first-order valence-corrected chi connectivity index (χ1v) is 6.09. The molecule has 0 aromatic carbocycles. The van der Waals surface area contributed by atoms with E-state index in [1.807, 2.05) is 6.92 Å². The van der Waals surface area contributed by atoms with Gasteiger partial charge in [0.15, 0.2) is 0 Å². The molecule has 1 atom stereocenters. The van der Waals surface area contributed by atoms with Gasteiger partial charge in [0.2, 0.25) is 0 Å². The quantitative estimate of drug-likeness (QED) is 0.602. The molecule has 16 heavy (non-hydrogen) atoms. The minimum absolute atomic E-state index is 0.0958. The first kappa shape index (κ1) is 15.4. The summed E-state index contributed by atoms with van der Waals surface area (Å²) in [6.45, 7) is 12.3. The van der Waals surface area contributed by atoms with E-state index in [4.69, 9.17) is 10.00 Å². The highest BCUT2D eigenvalue weighted by Gasteiger charge is 2.12. The standard InChI is InChI=1S/C12H25N3O/c1-5-15(7-8-16-6-2)10-12(9-13)14-11(3)4/h11-12,14H,5-8,10H2,1-4H3. The second-order valence-electron chi connectivity index (χ2n) is 4.09. The molecular weight excluding hydrogens is 202 g/mol. The van der Waals surface area contributed by atoms with Crippen molar-refractivity contribution in [1.82, 2.24) is 10.2 Å². The maximum Gasteiger partial charge on any atom is 0.108 e. The molecule has 0 radical (unpaired) electrons. The minimum Gasteiger partial charge on any atom is -0.380 e. The van der Waals surface area contributed by atoms with E-state index in [-0.39, 0.29) is 6.04 Å². The third-order valence-corrected chi connectivity index (χ3v) is 2.33. The number of nitrogens with one attached hydrogen (secondary N) is 1. The van der Waals surface area contributed by atoms with E-state index in [0.717, 1.165) is 32.8 Å². The van der Waals surface area contributed by atoms with Gasteiger partial charge in [0, 0.05) is 25.7 Å². The normalized spacial score (nSPS) is 13.1. The molecule has 0 aliphatic carbocycles. The number of hydrogen-bond acceptors (Lipinski definition) is 4. The number of ether oxygens (including phenoxy) is 1. The van der Waals surface area contributed by atoms with Crippen molar-refractivity contribution in [2.24, 2.45) is 0 Å². The molecule has 1 N–H and O–H groups in total. The molecule has 0 aliphatic rings. The van der Waals surface area contributed by atoms with Crippen LogP contribution in [0.5, 0.6) is 0 Å². The lowest BCUT2D eigenvalue weighted by Gasteiger charge is -2.24. The topological polar surface area (TPSA) is 48.3 Å². The molecule has 0 aliphatic heterocycles. The predicted molar refractivity (Wildman–Crippen MR) is 66.3 cm³/mol. The molecule has 0 aromatic heterocycles. The zero-order chi connectivity index (χ0) is 12.4. The van der Waals surface area contributed by atoms with Crippen LogP contribution in [0.1, 0.15) is 27.7 Å². The summed E-state index contributed by atoms with van der Waals surface area (Å²) in [5, 5.41) is 12.3. The Morgan fingerprint density at radius 2 is 2.06 bits per heavy atom. The van der Waals surface area contributed by atoms with Crippen molar-refractivity contribution in [1.29, 1.82) is 5.26 Å². The van der Waals surface area contributed by atoms with Crippen LogP contribution in [0.4, 0.5) is 0 Å².